The van der Waals surface area contributed by atoms with E-state index in [1.54, 1.807) is 12.1 Å². The largest absolute Gasteiger partial charge is 0.352 e. The monoisotopic (exact) mass is 251 g/mol. The number of hydrogen-bond acceptors (Lipinski definition) is 3. The van der Waals surface area contributed by atoms with E-state index in [1.165, 1.54) is 12.1 Å². The van der Waals surface area contributed by atoms with Crippen molar-refractivity contribution in [1.82, 2.24) is 5.32 Å². The molecule has 1 aromatic rings. The molecule has 0 aromatic heterocycles. The molecule has 98 valence electrons. The lowest BCUT2D eigenvalue weighted by Crippen LogP contribution is -2.38. The Balaban J connectivity index is 2.52. The zero-order valence-corrected chi connectivity index (χ0v) is 10.3. The lowest BCUT2D eigenvalue weighted by molar-refractivity contribution is -0.384. The van der Waals surface area contributed by atoms with Gasteiger partial charge in [0.2, 0.25) is 0 Å². The molecule has 1 unspecified atom stereocenters. The summed E-state index contributed by atoms with van der Waals surface area (Å²) in [5.74, 6) is 0. The Hall–Kier alpha value is -2.11. The van der Waals surface area contributed by atoms with Crippen molar-refractivity contribution in [2.75, 3.05) is 0 Å². The molecule has 0 saturated carbocycles. The Morgan fingerprint density at radius 1 is 1.44 bits per heavy atom. The second-order valence-corrected chi connectivity index (χ2v) is 4.08. The number of urea groups is 1. The molecule has 2 amide bonds. The summed E-state index contributed by atoms with van der Waals surface area (Å²) in [5.41, 5.74) is 6.16. The van der Waals surface area contributed by atoms with Gasteiger partial charge in [-0.2, -0.15) is 0 Å². The van der Waals surface area contributed by atoms with Gasteiger partial charge in [0.25, 0.3) is 5.69 Å². The number of carbonyl (C=O) groups excluding carboxylic acids is 1. The third-order valence-electron chi connectivity index (χ3n) is 2.77. The van der Waals surface area contributed by atoms with E-state index < -0.39 is 11.0 Å². The number of nitrogens with zero attached hydrogens (tertiary/aromatic N) is 1. The van der Waals surface area contributed by atoms with Crippen molar-refractivity contribution in [1.29, 1.82) is 0 Å². The minimum atomic E-state index is -0.523. The van der Waals surface area contributed by atoms with Crippen LogP contribution in [0.3, 0.4) is 0 Å². The molecule has 0 heterocycles. The van der Waals surface area contributed by atoms with Crippen LogP contribution in [0.1, 0.15) is 25.3 Å². The number of hydrogen-bond donors (Lipinski definition) is 2. The highest BCUT2D eigenvalue weighted by Gasteiger charge is 2.09. The van der Waals surface area contributed by atoms with Crippen molar-refractivity contribution >= 4 is 11.7 Å². The third kappa shape index (κ3) is 4.40. The van der Waals surface area contributed by atoms with Crippen LogP contribution < -0.4 is 11.1 Å². The number of carbonyl (C=O) groups is 1. The van der Waals surface area contributed by atoms with Crippen LogP contribution in [0.2, 0.25) is 0 Å². The van der Waals surface area contributed by atoms with Gasteiger partial charge in [-0.05, 0) is 24.8 Å². The number of benzene rings is 1. The van der Waals surface area contributed by atoms with E-state index in [0.29, 0.717) is 0 Å². The predicted molar refractivity (Wildman–Crippen MR) is 68.2 cm³/mol. The molecule has 0 fully saturated rings. The minimum absolute atomic E-state index is 0.0395. The normalized spacial score (nSPS) is 11.8. The number of rotatable bonds is 6. The number of primary amides is 1. The number of nitrogens with two attached hydrogens (primary N) is 1. The molecule has 6 heteroatoms. The molecule has 1 atom stereocenters. The first-order valence-corrected chi connectivity index (χ1v) is 5.82. The van der Waals surface area contributed by atoms with E-state index in [9.17, 15) is 14.9 Å². The molecular weight excluding hydrogens is 234 g/mol. The van der Waals surface area contributed by atoms with E-state index in [0.717, 1.165) is 24.8 Å². The first-order valence-electron chi connectivity index (χ1n) is 5.82. The third-order valence-corrected chi connectivity index (χ3v) is 2.77. The molecule has 0 aliphatic heterocycles. The first kappa shape index (κ1) is 14.0. The fraction of sp³-hybridized carbons (Fsp3) is 0.417. The Kier molecular flexibility index (Phi) is 5.10. The maximum Gasteiger partial charge on any atom is 0.312 e. The lowest BCUT2D eigenvalue weighted by Gasteiger charge is -2.15. The van der Waals surface area contributed by atoms with Gasteiger partial charge in [-0.15, -0.1) is 0 Å². The van der Waals surface area contributed by atoms with E-state index in [2.05, 4.69) is 5.32 Å². The van der Waals surface area contributed by atoms with Crippen molar-refractivity contribution in [3.05, 3.63) is 39.9 Å². The van der Waals surface area contributed by atoms with E-state index in [1.807, 2.05) is 6.92 Å². The summed E-state index contributed by atoms with van der Waals surface area (Å²) >= 11 is 0. The molecule has 0 aliphatic carbocycles. The van der Waals surface area contributed by atoms with Crippen LogP contribution in [0.25, 0.3) is 0 Å². The predicted octanol–water partition coefficient (Wildman–Crippen LogP) is 1.97. The number of non-ortho nitro benzene ring substituents is 1. The summed E-state index contributed by atoms with van der Waals surface area (Å²) in [6, 6.07) is 5.95. The van der Waals surface area contributed by atoms with Crippen LogP contribution >= 0.6 is 0 Å². The van der Waals surface area contributed by atoms with Gasteiger partial charge in [0.15, 0.2) is 0 Å². The van der Waals surface area contributed by atoms with Crippen molar-refractivity contribution in [3.63, 3.8) is 0 Å². The van der Waals surface area contributed by atoms with Gasteiger partial charge in [0, 0.05) is 18.2 Å². The number of nitro benzene ring substituents is 1. The molecule has 0 radical (unpaired) electrons. The van der Waals surface area contributed by atoms with Crippen LogP contribution in [0, 0.1) is 10.1 Å². The molecule has 6 nitrogen and oxygen atoms in total. The Morgan fingerprint density at radius 2 is 2.06 bits per heavy atom. The molecule has 0 bridgehead atoms. The van der Waals surface area contributed by atoms with Crippen molar-refractivity contribution in [2.24, 2.45) is 5.73 Å². The zero-order valence-electron chi connectivity index (χ0n) is 10.3. The summed E-state index contributed by atoms with van der Waals surface area (Å²) in [4.78, 5) is 20.8. The molecule has 0 aliphatic rings. The molecule has 0 saturated heterocycles. The average Bonchev–Trinajstić information content (AvgIpc) is 2.34. The Bertz CT molecular complexity index is 417. The molecule has 18 heavy (non-hydrogen) atoms. The fourth-order valence-electron chi connectivity index (χ4n) is 1.70. The van der Waals surface area contributed by atoms with Crippen LogP contribution in [-0.4, -0.2) is 17.0 Å². The van der Waals surface area contributed by atoms with Gasteiger partial charge in [-0.3, -0.25) is 10.1 Å². The van der Waals surface area contributed by atoms with E-state index in [4.69, 9.17) is 5.73 Å². The summed E-state index contributed by atoms with van der Waals surface area (Å²) in [5, 5.41) is 13.2. The summed E-state index contributed by atoms with van der Waals surface area (Å²) in [6.45, 7) is 1.97. The Labute approximate surface area is 105 Å². The maximum atomic E-state index is 10.7. The minimum Gasteiger partial charge on any atom is -0.352 e. The van der Waals surface area contributed by atoms with Gasteiger partial charge in [-0.25, -0.2) is 4.79 Å². The summed E-state index contributed by atoms with van der Waals surface area (Å²) < 4.78 is 0. The molecule has 1 rings (SSSR count). The lowest BCUT2D eigenvalue weighted by atomic mass is 10.0. The average molecular weight is 251 g/mol. The van der Waals surface area contributed by atoms with Crippen molar-refractivity contribution < 1.29 is 9.72 Å². The Morgan fingerprint density at radius 3 is 2.50 bits per heavy atom. The topological polar surface area (TPSA) is 98.3 Å². The zero-order chi connectivity index (χ0) is 13.5. The van der Waals surface area contributed by atoms with Crippen molar-refractivity contribution in [2.45, 2.75) is 32.2 Å². The number of nitro groups is 1. The second kappa shape index (κ2) is 6.58. The number of aryl methyl sites for hydroxylation is 1. The molecule has 0 spiro atoms. The molecule has 3 N–H and O–H groups in total. The smallest absolute Gasteiger partial charge is 0.312 e. The van der Waals surface area contributed by atoms with Gasteiger partial charge in [0.1, 0.15) is 0 Å². The molecular formula is C12H17N3O3. The highest BCUT2D eigenvalue weighted by Crippen LogP contribution is 2.14. The first-order chi connectivity index (χ1) is 8.52. The quantitative estimate of drug-likeness (QED) is 0.597. The van der Waals surface area contributed by atoms with E-state index >= 15 is 0 Å². The summed E-state index contributed by atoms with van der Waals surface area (Å²) in [6.07, 6.45) is 2.31. The van der Waals surface area contributed by atoms with Gasteiger partial charge in [-0.1, -0.05) is 19.1 Å². The SMILES string of the molecule is CCC(CCc1ccc([N+](=O)[O-])cc1)NC(N)=O. The van der Waals surface area contributed by atoms with Gasteiger partial charge >= 0.3 is 6.03 Å². The highest BCUT2D eigenvalue weighted by molar-refractivity contribution is 5.71. The van der Waals surface area contributed by atoms with Crippen molar-refractivity contribution in [3.8, 4) is 0 Å². The molecule has 1 aromatic carbocycles. The van der Waals surface area contributed by atoms with Crippen LogP contribution in [0.4, 0.5) is 10.5 Å². The van der Waals surface area contributed by atoms with Gasteiger partial charge in [0.05, 0.1) is 4.92 Å². The number of amides is 2. The van der Waals surface area contributed by atoms with Crippen LogP contribution in [0.15, 0.2) is 24.3 Å². The highest BCUT2D eigenvalue weighted by atomic mass is 16.6. The fourth-order valence-corrected chi connectivity index (χ4v) is 1.70. The van der Waals surface area contributed by atoms with Crippen LogP contribution in [-0.2, 0) is 6.42 Å². The second-order valence-electron chi connectivity index (χ2n) is 4.08. The standard InChI is InChI=1S/C12H17N3O3/c1-2-10(14-12(13)16)6-3-9-4-7-11(8-5-9)15(17)18/h4-5,7-8,10H,2-3,6H2,1H3,(H3,13,14,16). The number of nitrogens with one attached hydrogen (secondary N) is 1. The van der Waals surface area contributed by atoms with Crippen LogP contribution in [0.5, 0.6) is 0 Å². The van der Waals surface area contributed by atoms with E-state index in [-0.39, 0.29) is 11.7 Å². The summed E-state index contributed by atoms with van der Waals surface area (Å²) in [7, 11) is 0. The van der Waals surface area contributed by atoms with Gasteiger partial charge < -0.3 is 11.1 Å². The maximum absolute atomic E-state index is 10.7.